The number of methoxy groups -OCH3 is 2. The van der Waals surface area contributed by atoms with Crippen LogP contribution >= 0.6 is 11.3 Å². The van der Waals surface area contributed by atoms with Gasteiger partial charge in [0.05, 0.1) is 58.3 Å². The van der Waals surface area contributed by atoms with Gasteiger partial charge in [0.25, 0.3) is 0 Å². The molecule has 0 unspecified atom stereocenters. The molecule has 2 aromatic heterocycles. The van der Waals surface area contributed by atoms with Gasteiger partial charge in [0, 0.05) is 19.5 Å². The second kappa shape index (κ2) is 14.1. The molecule has 0 radical (unpaired) electrons. The Morgan fingerprint density at radius 3 is 2.73 bits per heavy atom. The summed E-state index contributed by atoms with van der Waals surface area (Å²) in [4.78, 5) is 29.0. The summed E-state index contributed by atoms with van der Waals surface area (Å²) < 4.78 is 23.9. The first-order chi connectivity index (χ1) is 19.9. The summed E-state index contributed by atoms with van der Waals surface area (Å²) in [5.41, 5.74) is 3.45. The van der Waals surface area contributed by atoms with E-state index in [2.05, 4.69) is 43.0 Å². The van der Waals surface area contributed by atoms with Crippen LogP contribution in [-0.4, -0.2) is 78.4 Å². The van der Waals surface area contributed by atoms with E-state index in [1.54, 1.807) is 28.1 Å². The van der Waals surface area contributed by atoms with Gasteiger partial charge >= 0.3 is 5.97 Å². The highest BCUT2D eigenvalue weighted by Gasteiger charge is 2.23. The van der Waals surface area contributed by atoms with Crippen LogP contribution < -0.4 is 5.32 Å². The first kappa shape index (κ1) is 30.1. The molecule has 4 rings (SSSR count). The normalized spacial score (nSPS) is 16.4. The summed E-state index contributed by atoms with van der Waals surface area (Å²) in [6, 6.07) is 0. The third kappa shape index (κ3) is 7.25. The fourth-order valence-electron chi connectivity index (χ4n) is 4.62. The zero-order valence-electron chi connectivity index (χ0n) is 24.5. The summed E-state index contributed by atoms with van der Waals surface area (Å²) in [5.74, 6) is 2.48. The molecule has 1 aliphatic carbocycles. The molecule has 41 heavy (non-hydrogen) atoms. The van der Waals surface area contributed by atoms with Crippen molar-refractivity contribution in [2.45, 2.75) is 40.7 Å². The van der Waals surface area contributed by atoms with Crippen LogP contribution in [0.4, 0.5) is 10.9 Å². The highest BCUT2D eigenvalue weighted by molar-refractivity contribution is 7.17. The van der Waals surface area contributed by atoms with E-state index in [1.165, 1.54) is 11.3 Å². The SMILES string of the molecule is C/C=C(\c1ncn(CC2=CC(OC)=C(OC)CC=C2)c1N/C(C)=N\c1nc(C)c(C(=O)OCC)s1)N1CCOCC1. The second-order valence-corrected chi connectivity index (χ2v) is 10.3. The minimum Gasteiger partial charge on any atom is -0.497 e. The molecule has 1 saturated heterocycles. The fourth-order valence-corrected chi connectivity index (χ4v) is 5.50. The first-order valence-electron chi connectivity index (χ1n) is 13.6. The third-order valence-electron chi connectivity index (χ3n) is 6.56. The van der Waals surface area contributed by atoms with Crippen molar-refractivity contribution in [1.82, 2.24) is 19.4 Å². The van der Waals surface area contributed by atoms with E-state index in [0.717, 1.165) is 41.6 Å². The monoisotopic (exact) mass is 582 g/mol. The lowest BCUT2D eigenvalue weighted by Crippen LogP contribution is -2.35. The third-order valence-corrected chi connectivity index (χ3v) is 7.59. The van der Waals surface area contributed by atoms with Gasteiger partial charge in [0.2, 0.25) is 5.13 Å². The number of nitrogens with zero attached hydrogens (tertiary/aromatic N) is 5. The number of hydrogen-bond acceptors (Lipinski definition) is 10. The fraction of sp³-hybridized carbons (Fsp3) is 0.448. The quantitative estimate of drug-likeness (QED) is 0.233. The number of anilines is 1. The topological polar surface area (TPSA) is 112 Å². The maximum absolute atomic E-state index is 12.3. The minimum absolute atomic E-state index is 0.304. The summed E-state index contributed by atoms with van der Waals surface area (Å²) in [5, 5.41) is 3.95. The van der Waals surface area contributed by atoms with Crippen LogP contribution in [0.15, 0.2) is 52.7 Å². The zero-order chi connectivity index (χ0) is 29.4. The maximum atomic E-state index is 12.3. The number of esters is 1. The van der Waals surface area contributed by atoms with Gasteiger partial charge in [-0.1, -0.05) is 29.6 Å². The Morgan fingerprint density at radius 1 is 1.27 bits per heavy atom. The number of aromatic nitrogens is 3. The molecule has 2 aliphatic rings. The average Bonchev–Trinajstić information content (AvgIpc) is 3.45. The molecule has 11 nitrogen and oxygen atoms in total. The Labute approximate surface area is 244 Å². The number of amidine groups is 1. The number of allylic oxidation sites excluding steroid dienone is 5. The van der Waals surface area contributed by atoms with Crippen molar-refractivity contribution in [3.8, 4) is 0 Å². The molecule has 1 fully saturated rings. The van der Waals surface area contributed by atoms with Crippen LogP contribution in [0.5, 0.6) is 0 Å². The number of aryl methyl sites for hydroxylation is 1. The van der Waals surface area contributed by atoms with Gasteiger partial charge in [0.1, 0.15) is 28.0 Å². The molecule has 220 valence electrons. The Morgan fingerprint density at radius 2 is 2.05 bits per heavy atom. The van der Waals surface area contributed by atoms with E-state index in [4.69, 9.17) is 23.9 Å². The van der Waals surface area contributed by atoms with Crippen LogP contribution in [0.25, 0.3) is 5.70 Å². The largest absolute Gasteiger partial charge is 0.497 e. The number of nitrogens with one attached hydrogen (secondary N) is 1. The predicted octanol–water partition coefficient (Wildman–Crippen LogP) is 5.07. The Balaban J connectivity index is 1.69. The standard InChI is InChI=1S/C29H38N6O5S/c1-7-22(34-12-14-39-15-13-34)25-27(32-20(4)33-29-31-19(3)26(41-29)28(36)40-8-2)35(18-30-25)17-21-10-9-11-23(37-5)24(16-21)38-6/h7,9-10,16,18H,8,11-15,17H2,1-6H3,(H,31,32,33)/b22-7+. The van der Waals surface area contributed by atoms with E-state index in [9.17, 15) is 4.79 Å². The number of ether oxygens (including phenoxy) is 4. The van der Waals surface area contributed by atoms with Crippen LogP contribution in [0.2, 0.25) is 0 Å². The second-order valence-electron chi connectivity index (χ2n) is 9.32. The van der Waals surface area contributed by atoms with E-state index in [1.807, 2.05) is 26.3 Å². The number of thiazole rings is 1. The van der Waals surface area contributed by atoms with Crippen LogP contribution in [0, 0.1) is 6.92 Å². The molecule has 0 atom stereocenters. The molecule has 0 amide bonds. The molecular formula is C29H38N6O5S. The van der Waals surface area contributed by atoms with Crippen molar-refractivity contribution in [2.75, 3.05) is 52.4 Å². The van der Waals surface area contributed by atoms with Crippen molar-refractivity contribution >= 4 is 39.8 Å². The number of carbonyl (C=O) groups excluding carboxylic acids is 1. The van der Waals surface area contributed by atoms with E-state index >= 15 is 0 Å². The van der Waals surface area contributed by atoms with Gasteiger partial charge in [-0.3, -0.25) is 0 Å². The van der Waals surface area contributed by atoms with Gasteiger partial charge in [-0.2, -0.15) is 0 Å². The van der Waals surface area contributed by atoms with Crippen LogP contribution in [0.1, 0.15) is 48.3 Å². The maximum Gasteiger partial charge on any atom is 0.350 e. The zero-order valence-corrected chi connectivity index (χ0v) is 25.3. The molecule has 3 heterocycles. The molecule has 0 bridgehead atoms. The Bertz CT molecular complexity index is 1390. The smallest absolute Gasteiger partial charge is 0.350 e. The summed E-state index contributed by atoms with van der Waals surface area (Å²) in [6.45, 7) is 11.2. The van der Waals surface area contributed by atoms with Crippen molar-refractivity contribution in [3.63, 3.8) is 0 Å². The van der Waals surface area contributed by atoms with Gasteiger partial charge in [-0.05, 0) is 39.3 Å². The van der Waals surface area contributed by atoms with E-state index in [0.29, 0.717) is 60.1 Å². The number of morpholine rings is 1. The van der Waals surface area contributed by atoms with Crippen molar-refractivity contribution in [1.29, 1.82) is 0 Å². The number of aliphatic imine (C=N–C) groups is 1. The molecule has 0 aromatic carbocycles. The molecule has 0 spiro atoms. The van der Waals surface area contributed by atoms with Crippen LogP contribution in [-0.2, 0) is 25.5 Å². The molecule has 2 aromatic rings. The Kier molecular flexibility index (Phi) is 10.4. The van der Waals surface area contributed by atoms with E-state index < -0.39 is 0 Å². The number of imidazole rings is 1. The van der Waals surface area contributed by atoms with Gasteiger partial charge in [-0.15, -0.1) is 0 Å². The molecule has 1 N–H and O–H groups in total. The van der Waals surface area contributed by atoms with E-state index in [-0.39, 0.29) is 5.97 Å². The average molecular weight is 583 g/mol. The predicted molar refractivity (Wildman–Crippen MR) is 160 cm³/mol. The van der Waals surface area contributed by atoms with Crippen molar-refractivity contribution < 1.29 is 23.7 Å². The lowest BCUT2D eigenvalue weighted by atomic mass is 10.2. The van der Waals surface area contributed by atoms with Gasteiger partial charge in [-0.25, -0.2) is 19.8 Å². The highest BCUT2D eigenvalue weighted by atomic mass is 32.1. The summed E-state index contributed by atoms with van der Waals surface area (Å²) in [6.07, 6.45) is 10.7. The summed E-state index contributed by atoms with van der Waals surface area (Å²) >= 11 is 1.21. The highest BCUT2D eigenvalue weighted by Crippen LogP contribution is 2.30. The van der Waals surface area contributed by atoms with Gasteiger partial charge < -0.3 is 33.7 Å². The minimum atomic E-state index is -0.385. The van der Waals surface area contributed by atoms with Crippen molar-refractivity contribution in [2.24, 2.45) is 4.99 Å². The van der Waals surface area contributed by atoms with Crippen LogP contribution in [0.3, 0.4) is 0 Å². The van der Waals surface area contributed by atoms with Gasteiger partial charge in [0.15, 0.2) is 5.76 Å². The van der Waals surface area contributed by atoms with Crippen molar-refractivity contribution in [3.05, 3.63) is 64.0 Å². The molecular weight excluding hydrogens is 544 g/mol. The molecule has 0 saturated carbocycles. The molecule has 12 heteroatoms. The lowest BCUT2D eigenvalue weighted by molar-refractivity contribution is 0.0531. The lowest BCUT2D eigenvalue weighted by Gasteiger charge is -2.30. The summed E-state index contributed by atoms with van der Waals surface area (Å²) in [7, 11) is 3.29. The first-order valence-corrected chi connectivity index (χ1v) is 14.4. The number of carbonyl (C=O) groups is 1. The number of hydrogen-bond donors (Lipinski definition) is 1. The Hall–Kier alpha value is -3.90. The molecule has 1 aliphatic heterocycles. The number of rotatable bonds is 10.